The minimum atomic E-state index is -0.209. The van der Waals surface area contributed by atoms with Crippen molar-refractivity contribution in [2.24, 2.45) is 17.0 Å². The highest BCUT2D eigenvalue weighted by molar-refractivity contribution is 6.07. The molecule has 0 aromatic heterocycles. The Balaban J connectivity index is 1.03. The Morgan fingerprint density at radius 2 is 1.97 bits per heavy atom. The monoisotopic (exact) mass is 534 g/mol. The van der Waals surface area contributed by atoms with Crippen LogP contribution in [-0.4, -0.2) is 80.5 Å². The summed E-state index contributed by atoms with van der Waals surface area (Å²) in [4.78, 5) is 23.1. The molecule has 4 aliphatic rings. The first-order valence-corrected chi connectivity index (χ1v) is 13.7. The zero-order chi connectivity index (χ0) is 26.9. The van der Waals surface area contributed by atoms with Crippen molar-refractivity contribution in [3.63, 3.8) is 0 Å². The summed E-state index contributed by atoms with van der Waals surface area (Å²) in [5, 5.41) is 7.45. The van der Waals surface area contributed by atoms with E-state index < -0.39 is 0 Å². The predicted molar refractivity (Wildman–Crippen MR) is 148 cm³/mol. The molecule has 2 unspecified atom stereocenters. The molecule has 1 amide bonds. The second-order valence-corrected chi connectivity index (χ2v) is 11.0. The minimum absolute atomic E-state index is 0.0291. The van der Waals surface area contributed by atoms with Gasteiger partial charge < -0.3 is 19.6 Å². The lowest BCUT2D eigenvalue weighted by molar-refractivity contribution is -0.117. The summed E-state index contributed by atoms with van der Waals surface area (Å²) in [7, 11) is 1.60. The van der Waals surface area contributed by atoms with Gasteiger partial charge in [0, 0.05) is 56.8 Å². The van der Waals surface area contributed by atoms with Gasteiger partial charge >= 0.3 is 0 Å². The van der Waals surface area contributed by atoms with E-state index in [1.165, 1.54) is 11.6 Å². The molecule has 2 aromatic rings. The molecule has 0 spiro atoms. The number of nitrogens with zero attached hydrogens (tertiary/aromatic N) is 3. The first-order valence-electron chi connectivity index (χ1n) is 13.7. The van der Waals surface area contributed by atoms with Crippen LogP contribution in [0.2, 0.25) is 0 Å². The lowest BCUT2D eigenvalue weighted by Crippen LogP contribution is -2.50. The molecule has 1 saturated carbocycles. The molecule has 2 atom stereocenters. The van der Waals surface area contributed by atoms with Crippen molar-refractivity contribution in [2.75, 3.05) is 58.3 Å². The summed E-state index contributed by atoms with van der Waals surface area (Å²) >= 11 is 0. The van der Waals surface area contributed by atoms with E-state index in [1.807, 2.05) is 18.2 Å². The maximum Gasteiger partial charge on any atom is 0.227 e. The molecule has 2 fully saturated rings. The maximum absolute atomic E-state index is 13.5. The highest BCUT2D eigenvalue weighted by Gasteiger charge is 2.41. The first-order chi connectivity index (χ1) is 19.0. The summed E-state index contributed by atoms with van der Waals surface area (Å²) in [5.41, 5.74) is 4.49. The van der Waals surface area contributed by atoms with E-state index in [9.17, 15) is 9.18 Å². The molecule has 3 heterocycles. The molecule has 0 bridgehead atoms. The van der Waals surface area contributed by atoms with Crippen molar-refractivity contribution in [2.45, 2.75) is 25.9 Å². The normalized spacial score (nSPS) is 23.3. The summed E-state index contributed by atoms with van der Waals surface area (Å²) in [6.45, 7) is 8.07. The average Bonchev–Trinajstić information content (AvgIpc) is 3.70. The molecule has 8 nitrogen and oxygen atoms in total. The lowest BCUT2D eigenvalue weighted by Gasteiger charge is -2.36. The van der Waals surface area contributed by atoms with Crippen molar-refractivity contribution >= 4 is 23.4 Å². The Morgan fingerprint density at radius 1 is 1.18 bits per heavy atom. The minimum Gasteiger partial charge on any atom is -0.495 e. The molecule has 2 aromatic carbocycles. The van der Waals surface area contributed by atoms with Crippen LogP contribution in [0, 0.1) is 17.7 Å². The Hall–Kier alpha value is -3.43. The van der Waals surface area contributed by atoms with Gasteiger partial charge in [0.25, 0.3) is 0 Å². The fourth-order valence-electron chi connectivity index (χ4n) is 5.61. The van der Waals surface area contributed by atoms with Gasteiger partial charge in [-0.25, -0.2) is 4.39 Å². The zero-order valence-electron chi connectivity index (χ0n) is 22.5. The molecule has 0 radical (unpaired) electrons. The quantitative estimate of drug-likeness (QED) is 0.552. The second-order valence-electron chi connectivity index (χ2n) is 11.0. The van der Waals surface area contributed by atoms with Gasteiger partial charge in [-0.3, -0.25) is 14.6 Å². The van der Waals surface area contributed by atoms with Crippen LogP contribution in [0.3, 0.4) is 0 Å². The number of rotatable bonds is 8. The van der Waals surface area contributed by atoms with Gasteiger partial charge in [0.1, 0.15) is 29.6 Å². The summed E-state index contributed by atoms with van der Waals surface area (Å²) in [6, 6.07) is 10.4. The first kappa shape index (κ1) is 25.8. The van der Waals surface area contributed by atoms with Gasteiger partial charge in [-0.15, -0.1) is 0 Å². The van der Waals surface area contributed by atoms with Crippen LogP contribution < -0.4 is 14.8 Å². The van der Waals surface area contributed by atoms with Gasteiger partial charge in [0.05, 0.1) is 18.7 Å². The molecule has 1 aliphatic carbocycles. The molecule has 206 valence electrons. The summed E-state index contributed by atoms with van der Waals surface area (Å²) in [6.07, 6.45) is 3.86. The van der Waals surface area contributed by atoms with Gasteiger partial charge in [0.2, 0.25) is 5.91 Å². The number of halogens is 1. The number of fused-ring (bicyclic) bond motifs is 3. The fraction of sp³-hybridized carbons (Fsp3) is 0.467. The predicted octanol–water partition coefficient (Wildman–Crippen LogP) is 4.02. The third-order valence-corrected chi connectivity index (χ3v) is 7.93. The largest absolute Gasteiger partial charge is 0.495 e. The molecule has 1 N–H and O–H groups in total. The Morgan fingerprint density at radius 3 is 2.72 bits per heavy atom. The number of ether oxygens (including phenoxy) is 2. The third-order valence-electron chi connectivity index (χ3n) is 7.93. The van der Waals surface area contributed by atoms with Crippen LogP contribution in [0.25, 0.3) is 6.08 Å². The van der Waals surface area contributed by atoms with Gasteiger partial charge in [0.15, 0.2) is 6.10 Å². The molecule has 6 rings (SSSR count). The lowest BCUT2D eigenvalue weighted by atomic mass is 9.89. The summed E-state index contributed by atoms with van der Waals surface area (Å²) in [5.74, 6) is 1.25. The third kappa shape index (κ3) is 5.79. The molecular weight excluding hydrogens is 499 g/mol. The van der Waals surface area contributed by atoms with Crippen molar-refractivity contribution in [3.05, 3.63) is 58.9 Å². The van der Waals surface area contributed by atoms with Gasteiger partial charge in [-0.2, -0.15) is 0 Å². The highest BCUT2D eigenvalue weighted by atomic mass is 19.1. The summed E-state index contributed by atoms with van der Waals surface area (Å²) < 4.78 is 25.2. The molecule has 3 aliphatic heterocycles. The molecule has 39 heavy (non-hydrogen) atoms. The second kappa shape index (κ2) is 11.0. The van der Waals surface area contributed by atoms with Crippen molar-refractivity contribution in [3.8, 4) is 11.5 Å². The average molecular weight is 535 g/mol. The zero-order valence-corrected chi connectivity index (χ0v) is 22.5. The van der Waals surface area contributed by atoms with Crippen LogP contribution in [0.1, 0.15) is 30.9 Å². The SMILES string of the molecule is COc1cc2c(cc1NC(=O)C1CC1)OCC1C2=NOC1CN1CCN(C/C(C)=C/c2cccc(F)c2)CC1. The van der Waals surface area contributed by atoms with Crippen LogP contribution in [0.5, 0.6) is 11.5 Å². The van der Waals surface area contributed by atoms with E-state index in [-0.39, 0.29) is 29.7 Å². The van der Waals surface area contributed by atoms with Crippen LogP contribution in [0.15, 0.2) is 47.1 Å². The molecular formula is C30H35FN4O4. The Bertz CT molecular complexity index is 1300. The molecule has 1 saturated heterocycles. The number of methoxy groups -OCH3 is 1. The fourth-order valence-corrected chi connectivity index (χ4v) is 5.61. The van der Waals surface area contributed by atoms with E-state index in [4.69, 9.17) is 14.3 Å². The van der Waals surface area contributed by atoms with E-state index in [1.54, 1.807) is 19.2 Å². The number of hydrogen-bond acceptors (Lipinski definition) is 7. The number of hydrogen-bond donors (Lipinski definition) is 1. The number of nitrogens with one attached hydrogen (secondary N) is 1. The maximum atomic E-state index is 13.5. The number of carbonyl (C=O) groups excluding carboxylic acids is 1. The van der Waals surface area contributed by atoms with Crippen LogP contribution in [-0.2, 0) is 9.63 Å². The number of piperazine rings is 1. The van der Waals surface area contributed by atoms with Gasteiger partial charge in [-0.05, 0) is 43.5 Å². The van der Waals surface area contributed by atoms with E-state index in [2.05, 4.69) is 33.3 Å². The van der Waals surface area contributed by atoms with Gasteiger partial charge in [-0.1, -0.05) is 28.9 Å². The van der Waals surface area contributed by atoms with Crippen molar-refractivity contribution < 1.29 is 23.5 Å². The van der Waals surface area contributed by atoms with Crippen LogP contribution in [0.4, 0.5) is 10.1 Å². The number of benzene rings is 2. The molecule has 9 heteroatoms. The van der Waals surface area contributed by atoms with E-state index in [0.717, 1.165) is 68.9 Å². The van der Waals surface area contributed by atoms with E-state index in [0.29, 0.717) is 23.8 Å². The highest BCUT2D eigenvalue weighted by Crippen LogP contribution is 2.41. The topological polar surface area (TPSA) is 75.6 Å². The number of anilines is 1. The number of carbonyl (C=O) groups is 1. The van der Waals surface area contributed by atoms with Crippen molar-refractivity contribution in [1.82, 2.24) is 9.80 Å². The smallest absolute Gasteiger partial charge is 0.227 e. The number of amides is 1. The van der Waals surface area contributed by atoms with Crippen molar-refractivity contribution in [1.29, 1.82) is 0 Å². The number of oxime groups is 1. The Kier molecular flexibility index (Phi) is 7.27. The van der Waals surface area contributed by atoms with E-state index >= 15 is 0 Å². The Labute approximate surface area is 228 Å². The standard InChI is InChI=1S/C30H35FN4O4/c1-19(12-20-4-3-5-22(31)13-20)16-34-8-10-35(11-9-34)17-28-24-18-38-26-15-25(32-30(36)21-6-7-21)27(37-2)14-23(26)29(24)33-39-28/h3-5,12-15,21,24,28H,6-11,16-18H2,1-2H3,(H,32,36)/b19-12+. The van der Waals surface area contributed by atoms with Crippen LogP contribution >= 0.6 is 0 Å².